The molecule has 0 aliphatic carbocycles. The minimum absolute atomic E-state index is 0.00214. The van der Waals surface area contributed by atoms with E-state index in [1.807, 2.05) is 51.1 Å². The Morgan fingerprint density at radius 1 is 1.00 bits per heavy atom. The number of hydrogen-bond donors (Lipinski definition) is 1. The maximum absolute atomic E-state index is 13.9. The third kappa shape index (κ3) is 8.06. The van der Waals surface area contributed by atoms with E-state index < -0.39 is 28.5 Å². The molecule has 3 rings (SSSR count). The Bertz CT molecular complexity index is 1420. The summed E-state index contributed by atoms with van der Waals surface area (Å²) in [5.74, 6) is -0.823. The van der Waals surface area contributed by atoms with Crippen molar-refractivity contribution in [3.8, 4) is 0 Å². The number of nitrogens with one attached hydrogen (secondary N) is 1. The summed E-state index contributed by atoms with van der Waals surface area (Å²) >= 11 is 9.45. The second-order valence-corrected chi connectivity index (χ2v) is 12.7. The Balaban J connectivity index is 2.03. The summed E-state index contributed by atoms with van der Waals surface area (Å²) < 4.78 is 29.6. The Labute approximate surface area is 244 Å². The topological polar surface area (TPSA) is 86.8 Å². The molecule has 0 aliphatic heterocycles. The molecule has 0 unspecified atom stereocenters. The Kier molecular flexibility index (Phi) is 10.6. The summed E-state index contributed by atoms with van der Waals surface area (Å²) in [6.07, 6.45) is 0.735. The van der Waals surface area contributed by atoms with Gasteiger partial charge >= 0.3 is 0 Å². The second kappa shape index (κ2) is 13.5. The second-order valence-electron chi connectivity index (χ2n) is 9.45. The molecule has 0 aromatic heterocycles. The summed E-state index contributed by atoms with van der Waals surface area (Å²) in [6.45, 7) is 6.97. The molecule has 39 heavy (non-hydrogen) atoms. The third-order valence-electron chi connectivity index (χ3n) is 6.38. The van der Waals surface area contributed by atoms with Gasteiger partial charge < -0.3 is 10.2 Å². The molecule has 0 heterocycles. The fourth-order valence-electron chi connectivity index (χ4n) is 3.93. The molecule has 0 spiro atoms. The van der Waals surface area contributed by atoms with Crippen LogP contribution < -0.4 is 9.62 Å². The van der Waals surface area contributed by atoms with Crippen molar-refractivity contribution in [2.24, 2.45) is 0 Å². The van der Waals surface area contributed by atoms with Gasteiger partial charge in [0, 0.05) is 22.1 Å². The Hall–Kier alpha value is -2.88. The lowest BCUT2D eigenvalue weighted by atomic mass is 10.1. The number of anilines is 1. The molecule has 0 aliphatic rings. The predicted molar refractivity (Wildman–Crippen MR) is 159 cm³/mol. The molecule has 10 heteroatoms. The minimum atomic E-state index is -4.15. The van der Waals surface area contributed by atoms with Gasteiger partial charge in [0.05, 0.1) is 10.6 Å². The van der Waals surface area contributed by atoms with E-state index in [9.17, 15) is 18.0 Å². The highest BCUT2D eigenvalue weighted by molar-refractivity contribution is 9.10. The van der Waals surface area contributed by atoms with Crippen LogP contribution in [-0.2, 0) is 26.2 Å². The zero-order chi connectivity index (χ0) is 28.7. The SMILES string of the molecule is CC[C@H](C)NC(=O)[C@@H](C)N(Cc1cccc(Br)c1)C(=O)CN(c1cccc(C)c1)S(=O)(=O)c1ccc(Cl)cc1. The molecule has 3 aromatic carbocycles. The van der Waals surface area contributed by atoms with E-state index in [4.69, 9.17) is 11.6 Å². The molecule has 0 fully saturated rings. The van der Waals surface area contributed by atoms with Crippen molar-refractivity contribution in [1.29, 1.82) is 0 Å². The van der Waals surface area contributed by atoms with Gasteiger partial charge in [-0.05, 0) is 86.8 Å². The van der Waals surface area contributed by atoms with Crippen LogP contribution in [0.4, 0.5) is 5.69 Å². The number of benzene rings is 3. The fraction of sp³-hybridized carbons (Fsp3) is 0.310. The van der Waals surface area contributed by atoms with Crippen LogP contribution in [0.5, 0.6) is 0 Å². The zero-order valence-corrected chi connectivity index (χ0v) is 25.6. The van der Waals surface area contributed by atoms with E-state index in [2.05, 4.69) is 21.2 Å². The van der Waals surface area contributed by atoms with E-state index in [-0.39, 0.29) is 23.4 Å². The first kappa shape index (κ1) is 30.7. The molecule has 208 valence electrons. The quantitative estimate of drug-likeness (QED) is 0.283. The fourth-order valence-corrected chi connectivity index (χ4v) is 5.90. The molecule has 0 bridgehead atoms. The van der Waals surface area contributed by atoms with Crippen LogP contribution in [-0.4, -0.2) is 43.8 Å². The lowest BCUT2D eigenvalue weighted by Crippen LogP contribution is -2.52. The van der Waals surface area contributed by atoms with Gasteiger partial charge in [-0.1, -0.05) is 58.7 Å². The van der Waals surface area contributed by atoms with Crippen molar-refractivity contribution in [2.45, 2.75) is 57.6 Å². The van der Waals surface area contributed by atoms with Crippen molar-refractivity contribution < 1.29 is 18.0 Å². The van der Waals surface area contributed by atoms with Crippen LogP contribution in [0, 0.1) is 6.92 Å². The summed E-state index contributed by atoms with van der Waals surface area (Å²) in [4.78, 5) is 28.5. The molecule has 0 saturated heterocycles. The molecule has 0 saturated carbocycles. The van der Waals surface area contributed by atoms with Gasteiger partial charge in [0.15, 0.2) is 0 Å². The number of rotatable bonds is 11. The maximum Gasteiger partial charge on any atom is 0.264 e. The maximum atomic E-state index is 13.9. The average molecular weight is 635 g/mol. The van der Waals surface area contributed by atoms with Gasteiger partial charge in [-0.2, -0.15) is 0 Å². The summed E-state index contributed by atoms with van der Waals surface area (Å²) in [5.41, 5.74) is 1.98. The van der Waals surface area contributed by atoms with Crippen LogP contribution in [0.25, 0.3) is 0 Å². The average Bonchev–Trinajstić information content (AvgIpc) is 2.89. The highest BCUT2D eigenvalue weighted by Crippen LogP contribution is 2.26. The van der Waals surface area contributed by atoms with Crippen LogP contribution >= 0.6 is 27.5 Å². The van der Waals surface area contributed by atoms with E-state index in [1.165, 1.54) is 29.2 Å². The van der Waals surface area contributed by atoms with Crippen molar-refractivity contribution in [3.05, 3.63) is 93.4 Å². The van der Waals surface area contributed by atoms with Gasteiger partial charge in [0.2, 0.25) is 11.8 Å². The number of carbonyl (C=O) groups excluding carboxylic acids is 2. The summed E-state index contributed by atoms with van der Waals surface area (Å²) in [6, 6.07) is 19.2. The Morgan fingerprint density at radius 3 is 2.28 bits per heavy atom. The van der Waals surface area contributed by atoms with Crippen molar-refractivity contribution in [2.75, 3.05) is 10.8 Å². The van der Waals surface area contributed by atoms with Crippen LogP contribution in [0.3, 0.4) is 0 Å². The van der Waals surface area contributed by atoms with Gasteiger partial charge in [-0.25, -0.2) is 8.42 Å². The lowest BCUT2D eigenvalue weighted by molar-refractivity contribution is -0.139. The standard InChI is InChI=1S/C29H33BrClN3O4S/c1-5-21(3)32-29(36)22(4)33(18-23-9-7-10-24(30)17-23)28(35)19-34(26-11-6-8-20(2)16-26)39(37,38)27-14-12-25(31)13-15-27/h6-17,21-22H,5,18-19H2,1-4H3,(H,32,36)/t21-,22+/m0/s1. The van der Waals surface area contributed by atoms with Crippen LogP contribution in [0.2, 0.25) is 5.02 Å². The molecule has 0 radical (unpaired) electrons. The molecule has 3 aromatic rings. The van der Waals surface area contributed by atoms with E-state index in [0.717, 1.165) is 26.3 Å². The Morgan fingerprint density at radius 2 is 1.67 bits per heavy atom. The summed E-state index contributed by atoms with van der Waals surface area (Å²) in [5, 5.41) is 3.33. The first-order valence-electron chi connectivity index (χ1n) is 12.6. The number of sulfonamides is 1. The molecular weight excluding hydrogens is 602 g/mol. The molecule has 7 nitrogen and oxygen atoms in total. The van der Waals surface area contributed by atoms with Gasteiger partial charge in [-0.3, -0.25) is 13.9 Å². The first-order valence-corrected chi connectivity index (χ1v) is 15.2. The normalized spacial score (nSPS) is 12.9. The van der Waals surface area contributed by atoms with Gasteiger partial charge in [0.25, 0.3) is 10.0 Å². The van der Waals surface area contributed by atoms with Crippen LogP contribution in [0.1, 0.15) is 38.3 Å². The number of carbonyl (C=O) groups is 2. The zero-order valence-electron chi connectivity index (χ0n) is 22.4. The highest BCUT2D eigenvalue weighted by Gasteiger charge is 2.32. The lowest BCUT2D eigenvalue weighted by Gasteiger charge is -2.32. The van der Waals surface area contributed by atoms with Crippen molar-refractivity contribution >= 4 is 55.1 Å². The number of nitrogens with zero attached hydrogens (tertiary/aromatic N) is 2. The van der Waals surface area contributed by atoms with E-state index in [0.29, 0.717) is 10.7 Å². The minimum Gasteiger partial charge on any atom is -0.352 e. The van der Waals surface area contributed by atoms with E-state index in [1.54, 1.807) is 25.1 Å². The molecule has 2 amide bonds. The van der Waals surface area contributed by atoms with Crippen molar-refractivity contribution in [3.63, 3.8) is 0 Å². The number of halogens is 2. The molecular formula is C29H33BrClN3O4S. The first-order chi connectivity index (χ1) is 18.4. The van der Waals surface area contributed by atoms with Crippen LogP contribution in [0.15, 0.2) is 82.2 Å². The van der Waals surface area contributed by atoms with E-state index >= 15 is 0 Å². The number of hydrogen-bond acceptors (Lipinski definition) is 4. The largest absolute Gasteiger partial charge is 0.352 e. The number of aryl methyl sites for hydroxylation is 1. The highest BCUT2D eigenvalue weighted by atomic mass is 79.9. The third-order valence-corrected chi connectivity index (χ3v) is 8.91. The smallest absolute Gasteiger partial charge is 0.264 e. The number of amides is 2. The van der Waals surface area contributed by atoms with Gasteiger partial charge in [0.1, 0.15) is 12.6 Å². The van der Waals surface area contributed by atoms with Gasteiger partial charge in [-0.15, -0.1) is 0 Å². The monoisotopic (exact) mass is 633 g/mol. The molecule has 1 N–H and O–H groups in total. The summed E-state index contributed by atoms with van der Waals surface area (Å²) in [7, 11) is -4.15. The van der Waals surface area contributed by atoms with Crippen molar-refractivity contribution in [1.82, 2.24) is 10.2 Å². The molecule has 2 atom stereocenters. The predicted octanol–water partition coefficient (Wildman–Crippen LogP) is 5.94.